The molecule has 0 radical (unpaired) electrons. The van der Waals surface area contributed by atoms with Crippen molar-refractivity contribution in [3.05, 3.63) is 28.8 Å². The van der Waals surface area contributed by atoms with E-state index in [0.717, 1.165) is 11.3 Å². The number of ether oxygens (including phenoxy) is 1. The molecule has 1 unspecified atom stereocenters. The highest BCUT2D eigenvalue weighted by Gasteiger charge is 2.21. The average Bonchev–Trinajstić information content (AvgIpc) is 2.25. The predicted molar refractivity (Wildman–Crippen MR) is 72.3 cm³/mol. The standard InChI is InChI=1S/C14H19ClO3/c1-9(2)12(14(16)17)6-7-18-13-5-4-11(15)8-10(13)3/h4-5,8-9,12H,6-7H2,1-3H3,(H,16,17). The van der Waals surface area contributed by atoms with Crippen LogP contribution in [-0.4, -0.2) is 17.7 Å². The molecule has 0 spiro atoms. The van der Waals surface area contributed by atoms with Gasteiger partial charge in [0.05, 0.1) is 12.5 Å². The predicted octanol–water partition coefficient (Wildman–Crippen LogP) is 3.77. The van der Waals surface area contributed by atoms with E-state index in [-0.39, 0.29) is 11.8 Å². The normalized spacial score (nSPS) is 12.5. The van der Waals surface area contributed by atoms with E-state index in [1.807, 2.05) is 32.9 Å². The zero-order valence-corrected chi connectivity index (χ0v) is 11.7. The molecule has 0 fully saturated rings. The van der Waals surface area contributed by atoms with E-state index in [4.69, 9.17) is 21.4 Å². The molecule has 0 amide bonds. The Labute approximate surface area is 113 Å². The Morgan fingerprint density at radius 1 is 1.44 bits per heavy atom. The summed E-state index contributed by atoms with van der Waals surface area (Å²) in [6.45, 7) is 6.13. The lowest BCUT2D eigenvalue weighted by molar-refractivity contribution is -0.143. The highest BCUT2D eigenvalue weighted by molar-refractivity contribution is 6.30. The average molecular weight is 271 g/mol. The number of halogens is 1. The third-order valence-electron chi connectivity index (χ3n) is 2.95. The summed E-state index contributed by atoms with van der Waals surface area (Å²) < 4.78 is 5.60. The molecule has 0 saturated heterocycles. The van der Waals surface area contributed by atoms with Crippen LogP contribution in [0.3, 0.4) is 0 Å². The van der Waals surface area contributed by atoms with Gasteiger partial charge in [-0.25, -0.2) is 0 Å². The third kappa shape index (κ3) is 4.22. The van der Waals surface area contributed by atoms with E-state index in [1.165, 1.54) is 0 Å². The summed E-state index contributed by atoms with van der Waals surface area (Å²) in [7, 11) is 0. The minimum absolute atomic E-state index is 0.109. The third-order valence-corrected chi connectivity index (χ3v) is 3.18. The molecule has 1 aromatic carbocycles. The van der Waals surface area contributed by atoms with Gasteiger partial charge in [-0.15, -0.1) is 0 Å². The van der Waals surface area contributed by atoms with Crippen molar-refractivity contribution in [3.63, 3.8) is 0 Å². The van der Waals surface area contributed by atoms with Crippen LogP contribution in [0.2, 0.25) is 5.02 Å². The van der Waals surface area contributed by atoms with E-state index in [9.17, 15) is 4.79 Å². The van der Waals surface area contributed by atoms with Crippen LogP contribution in [0, 0.1) is 18.8 Å². The number of rotatable bonds is 6. The zero-order chi connectivity index (χ0) is 13.7. The number of carboxylic acids is 1. The van der Waals surface area contributed by atoms with Crippen LogP contribution in [-0.2, 0) is 4.79 Å². The molecule has 0 aliphatic carbocycles. The van der Waals surface area contributed by atoms with Gasteiger partial charge in [0, 0.05) is 5.02 Å². The molecule has 100 valence electrons. The Morgan fingerprint density at radius 2 is 2.11 bits per heavy atom. The van der Waals surface area contributed by atoms with Crippen LogP contribution < -0.4 is 4.74 Å². The molecule has 18 heavy (non-hydrogen) atoms. The summed E-state index contributed by atoms with van der Waals surface area (Å²) in [5.74, 6) is -0.260. The fraction of sp³-hybridized carbons (Fsp3) is 0.500. The van der Waals surface area contributed by atoms with Crippen LogP contribution in [0.5, 0.6) is 5.75 Å². The van der Waals surface area contributed by atoms with Gasteiger partial charge in [-0.2, -0.15) is 0 Å². The molecule has 0 aliphatic rings. The van der Waals surface area contributed by atoms with Gasteiger partial charge in [0.15, 0.2) is 0 Å². The first-order valence-corrected chi connectivity index (χ1v) is 6.41. The second-order valence-electron chi connectivity index (χ2n) is 4.74. The first-order valence-electron chi connectivity index (χ1n) is 6.03. The molecule has 3 nitrogen and oxygen atoms in total. The Kier molecular flexibility index (Phi) is 5.48. The van der Waals surface area contributed by atoms with Crippen molar-refractivity contribution in [2.24, 2.45) is 11.8 Å². The second kappa shape index (κ2) is 6.64. The summed E-state index contributed by atoms with van der Waals surface area (Å²) in [6.07, 6.45) is 0.509. The van der Waals surface area contributed by atoms with Crippen molar-refractivity contribution in [3.8, 4) is 5.75 Å². The number of hydrogen-bond donors (Lipinski definition) is 1. The molecular weight excluding hydrogens is 252 g/mol. The van der Waals surface area contributed by atoms with Gasteiger partial charge in [-0.3, -0.25) is 4.79 Å². The van der Waals surface area contributed by atoms with E-state index in [0.29, 0.717) is 18.1 Å². The maximum absolute atomic E-state index is 11.0. The van der Waals surface area contributed by atoms with Crippen LogP contribution >= 0.6 is 11.6 Å². The van der Waals surface area contributed by atoms with Crippen molar-refractivity contribution in [2.45, 2.75) is 27.2 Å². The molecule has 0 saturated carbocycles. The minimum Gasteiger partial charge on any atom is -0.493 e. The summed E-state index contributed by atoms with van der Waals surface area (Å²) >= 11 is 5.85. The van der Waals surface area contributed by atoms with Gasteiger partial charge >= 0.3 is 5.97 Å². The van der Waals surface area contributed by atoms with Crippen molar-refractivity contribution in [1.29, 1.82) is 0 Å². The Balaban J connectivity index is 2.53. The SMILES string of the molecule is Cc1cc(Cl)ccc1OCCC(C(=O)O)C(C)C. The number of benzene rings is 1. The highest BCUT2D eigenvalue weighted by atomic mass is 35.5. The number of hydrogen-bond acceptors (Lipinski definition) is 2. The summed E-state index contributed by atoms with van der Waals surface area (Å²) in [5.41, 5.74) is 0.957. The van der Waals surface area contributed by atoms with Gasteiger partial charge in [0.2, 0.25) is 0 Å². The fourth-order valence-corrected chi connectivity index (χ4v) is 2.04. The Bertz CT molecular complexity index is 416. The number of aliphatic carboxylic acids is 1. The zero-order valence-electron chi connectivity index (χ0n) is 10.9. The van der Waals surface area contributed by atoms with Gasteiger partial charge in [0.1, 0.15) is 5.75 Å². The Hall–Kier alpha value is -1.22. The van der Waals surface area contributed by atoms with Gasteiger partial charge < -0.3 is 9.84 Å². The summed E-state index contributed by atoms with van der Waals surface area (Å²) in [6, 6.07) is 5.40. The molecule has 1 N–H and O–H groups in total. The Morgan fingerprint density at radius 3 is 2.61 bits per heavy atom. The maximum Gasteiger partial charge on any atom is 0.306 e. The topological polar surface area (TPSA) is 46.5 Å². The van der Waals surface area contributed by atoms with Crippen LogP contribution in [0.25, 0.3) is 0 Å². The highest BCUT2D eigenvalue weighted by Crippen LogP contribution is 2.23. The lowest BCUT2D eigenvalue weighted by Crippen LogP contribution is -2.22. The fourth-order valence-electron chi connectivity index (χ4n) is 1.81. The van der Waals surface area contributed by atoms with Crippen LogP contribution in [0.15, 0.2) is 18.2 Å². The quantitative estimate of drug-likeness (QED) is 0.856. The molecule has 1 rings (SSSR count). The molecule has 1 atom stereocenters. The smallest absolute Gasteiger partial charge is 0.306 e. The monoisotopic (exact) mass is 270 g/mol. The number of aryl methyl sites for hydroxylation is 1. The van der Waals surface area contributed by atoms with Crippen LogP contribution in [0.4, 0.5) is 0 Å². The van der Waals surface area contributed by atoms with Gasteiger partial charge in [0.25, 0.3) is 0 Å². The second-order valence-corrected chi connectivity index (χ2v) is 5.17. The lowest BCUT2D eigenvalue weighted by atomic mass is 9.93. The number of carboxylic acid groups (broad SMARTS) is 1. The summed E-state index contributed by atoms with van der Waals surface area (Å²) in [4.78, 5) is 11.0. The van der Waals surface area contributed by atoms with E-state index >= 15 is 0 Å². The largest absolute Gasteiger partial charge is 0.493 e. The summed E-state index contributed by atoms with van der Waals surface area (Å²) in [5, 5.41) is 9.73. The first-order chi connectivity index (χ1) is 8.41. The van der Waals surface area contributed by atoms with E-state index < -0.39 is 5.97 Å². The molecule has 0 bridgehead atoms. The molecule has 4 heteroatoms. The maximum atomic E-state index is 11.0. The van der Waals surface area contributed by atoms with Gasteiger partial charge in [-0.1, -0.05) is 25.4 Å². The molecule has 0 aromatic heterocycles. The van der Waals surface area contributed by atoms with Crippen molar-refractivity contribution < 1.29 is 14.6 Å². The molecular formula is C14H19ClO3. The van der Waals surface area contributed by atoms with Gasteiger partial charge in [-0.05, 0) is 43.0 Å². The lowest BCUT2D eigenvalue weighted by Gasteiger charge is -2.17. The van der Waals surface area contributed by atoms with Crippen molar-refractivity contribution in [2.75, 3.05) is 6.61 Å². The van der Waals surface area contributed by atoms with Crippen LogP contribution in [0.1, 0.15) is 25.8 Å². The molecule has 1 aromatic rings. The molecule has 0 aliphatic heterocycles. The first kappa shape index (κ1) is 14.8. The van der Waals surface area contributed by atoms with Crippen molar-refractivity contribution in [1.82, 2.24) is 0 Å². The van der Waals surface area contributed by atoms with E-state index in [2.05, 4.69) is 0 Å². The molecule has 0 heterocycles. The van der Waals surface area contributed by atoms with Crippen molar-refractivity contribution >= 4 is 17.6 Å². The van der Waals surface area contributed by atoms with E-state index in [1.54, 1.807) is 6.07 Å². The number of carbonyl (C=O) groups is 1. The minimum atomic E-state index is -0.763.